The highest BCUT2D eigenvalue weighted by atomic mass is 35.5. The summed E-state index contributed by atoms with van der Waals surface area (Å²) in [5.41, 5.74) is 2.25. The van der Waals surface area contributed by atoms with E-state index in [2.05, 4.69) is 15.7 Å². The second-order valence-corrected chi connectivity index (χ2v) is 9.49. The van der Waals surface area contributed by atoms with Gasteiger partial charge in [-0.1, -0.05) is 35.9 Å². The summed E-state index contributed by atoms with van der Waals surface area (Å²) in [5.74, 6) is 0.593. The number of carbonyl (C=O) groups excluding carboxylic acids is 1. The van der Waals surface area contributed by atoms with E-state index < -0.39 is 5.56 Å². The maximum atomic E-state index is 13.7. The zero-order valence-corrected chi connectivity index (χ0v) is 21.6. The van der Waals surface area contributed by atoms with Gasteiger partial charge in [0.2, 0.25) is 0 Å². The zero-order valence-electron chi connectivity index (χ0n) is 20.8. The predicted molar refractivity (Wildman–Crippen MR) is 147 cm³/mol. The van der Waals surface area contributed by atoms with Crippen molar-refractivity contribution in [2.45, 2.75) is 25.9 Å². The third kappa shape index (κ3) is 6.04. The molecule has 3 aromatic carbocycles. The third-order valence-electron chi connectivity index (χ3n) is 6.12. The van der Waals surface area contributed by atoms with Crippen LogP contribution in [0, 0.1) is 6.92 Å². The number of aryl methyl sites for hydroxylation is 1. The first-order valence-electron chi connectivity index (χ1n) is 12.4. The topological polar surface area (TPSA) is 94.5 Å². The van der Waals surface area contributed by atoms with Gasteiger partial charge in [-0.15, -0.1) is 0 Å². The van der Waals surface area contributed by atoms with E-state index in [0.29, 0.717) is 34.3 Å². The second-order valence-electron chi connectivity index (χ2n) is 9.05. The Morgan fingerprint density at radius 3 is 2.76 bits per heavy atom. The van der Waals surface area contributed by atoms with Crippen molar-refractivity contribution in [3.05, 3.63) is 105 Å². The highest BCUT2D eigenvalue weighted by Crippen LogP contribution is 2.29. The van der Waals surface area contributed by atoms with Gasteiger partial charge in [-0.2, -0.15) is 9.78 Å². The standard InChI is InChI=1S/C29H27ClN4O4/c1-19-6-2-11-24(14-19)38-26-18-32-34(23-10-4-8-21(30)16-23)29(36)27(26)33-22-9-3-7-20(15-22)28(35)31-17-25-12-5-13-37-25/h2-4,6-11,14-16,18,25,33H,5,12-13,17H2,1H3,(H,31,35)/t25-/m1/s1. The van der Waals surface area contributed by atoms with Crippen molar-refractivity contribution < 1.29 is 14.3 Å². The monoisotopic (exact) mass is 530 g/mol. The van der Waals surface area contributed by atoms with Gasteiger partial charge >= 0.3 is 0 Å². The summed E-state index contributed by atoms with van der Waals surface area (Å²) in [6.45, 7) is 3.14. The summed E-state index contributed by atoms with van der Waals surface area (Å²) in [5, 5.41) is 10.9. The first-order valence-corrected chi connectivity index (χ1v) is 12.7. The first-order chi connectivity index (χ1) is 18.5. The van der Waals surface area contributed by atoms with Crippen LogP contribution >= 0.6 is 11.6 Å². The number of aromatic nitrogens is 2. The molecule has 0 saturated carbocycles. The number of ether oxygens (including phenoxy) is 2. The Kier molecular flexibility index (Phi) is 7.72. The van der Waals surface area contributed by atoms with Crippen molar-refractivity contribution in [1.82, 2.24) is 15.1 Å². The molecule has 0 spiro atoms. The number of nitrogens with zero attached hydrogens (tertiary/aromatic N) is 2. The average molecular weight is 531 g/mol. The van der Waals surface area contributed by atoms with Crippen molar-refractivity contribution in [3.63, 3.8) is 0 Å². The summed E-state index contributed by atoms with van der Waals surface area (Å²) in [6, 6.07) is 21.3. The highest BCUT2D eigenvalue weighted by molar-refractivity contribution is 6.30. The Bertz CT molecular complexity index is 1510. The largest absolute Gasteiger partial charge is 0.453 e. The molecule has 38 heavy (non-hydrogen) atoms. The number of anilines is 2. The van der Waals surface area contributed by atoms with E-state index in [0.717, 1.165) is 25.0 Å². The lowest BCUT2D eigenvalue weighted by atomic mass is 10.1. The molecule has 0 bridgehead atoms. The van der Waals surface area contributed by atoms with Gasteiger partial charge in [0.15, 0.2) is 11.4 Å². The molecule has 9 heteroatoms. The molecule has 0 unspecified atom stereocenters. The molecule has 0 radical (unpaired) electrons. The smallest absolute Gasteiger partial charge is 0.299 e. The van der Waals surface area contributed by atoms with E-state index in [1.807, 2.05) is 25.1 Å². The highest BCUT2D eigenvalue weighted by Gasteiger charge is 2.18. The SMILES string of the molecule is Cc1cccc(Oc2cnn(-c3cccc(Cl)c3)c(=O)c2Nc2cccc(C(=O)NC[C@H]3CCCO3)c2)c1. The van der Waals surface area contributed by atoms with E-state index in [9.17, 15) is 9.59 Å². The van der Waals surface area contributed by atoms with E-state index in [1.54, 1.807) is 54.6 Å². The fourth-order valence-electron chi connectivity index (χ4n) is 4.22. The fraction of sp³-hybridized carbons (Fsp3) is 0.207. The summed E-state index contributed by atoms with van der Waals surface area (Å²) in [6.07, 6.45) is 3.46. The van der Waals surface area contributed by atoms with E-state index in [1.165, 1.54) is 10.9 Å². The van der Waals surface area contributed by atoms with Gasteiger partial charge in [0.25, 0.3) is 11.5 Å². The maximum Gasteiger partial charge on any atom is 0.299 e. The quantitative estimate of drug-likeness (QED) is 0.306. The van der Waals surface area contributed by atoms with Crippen molar-refractivity contribution in [3.8, 4) is 17.2 Å². The van der Waals surface area contributed by atoms with Gasteiger partial charge < -0.3 is 20.1 Å². The van der Waals surface area contributed by atoms with Crippen LogP contribution in [-0.4, -0.2) is 34.9 Å². The van der Waals surface area contributed by atoms with Gasteiger partial charge in [-0.05, 0) is 73.9 Å². The molecular formula is C29H27ClN4O4. The zero-order chi connectivity index (χ0) is 26.5. The molecule has 5 rings (SSSR count). The second kappa shape index (κ2) is 11.5. The van der Waals surface area contributed by atoms with E-state index >= 15 is 0 Å². The minimum atomic E-state index is -0.439. The molecule has 2 heterocycles. The summed E-state index contributed by atoms with van der Waals surface area (Å²) in [7, 11) is 0. The molecule has 0 aliphatic carbocycles. The summed E-state index contributed by atoms with van der Waals surface area (Å²) >= 11 is 6.16. The molecule has 1 saturated heterocycles. The number of hydrogen-bond donors (Lipinski definition) is 2. The van der Waals surface area contributed by atoms with Crippen LogP contribution in [0.2, 0.25) is 5.02 Å². The Hall–Kier alpha value is -4.14. The van der Waals surface area contributed by atoms with Crippen LogP contribution in [-0.2, 0) is 4.74 Å². The molecule has 1 aliphatic heterocycles. The number of halogens is 1. The van der Waals surface area contributed by atoms with Crippen LogP contribution < -0.4 is 20.9 Å². The Morgan fingerprint density at radius 2 is 1.97 bits per heavy atom. The Balaban J connectivity index is 1.46. The van der Waals surface area contributed by atoms with E-state index in [4.69, 9.17) is 21.1 Å². The minimum absolute atomic E-state index is 0.0448. The van der Waals surface area contributed by atoms with Crippen LogP contribution in [0.1, 0.15) is 28.8 Å². The number of rotatable bonds is 8. The summed E-state index contributed by atoms with van der Waals surface area (Å²) < 4.78 is 12.9. The molecule has 1 fully saturated rings. The van der Waals surface area contributed by atoms with Gasteiger partial charge in [-0.3, -0.25) is 9.59 Å². The number of benzene rings is 3. The maximum absolute atomic E-state index is 13.7. The molecule has 1 aromatic heterocycles. The number of nitrogens with one attached hydrogen (secondary N) is 2. The van der Waals surface area contributed by atoms with Crippen molar-refractivity contribution in [2.75, 3.05) is 18.5 Å². The molecule has 1 atom stereocenters. The van der Waals surface area contributed by atoms with Crippen LogP contribution in [0.5, 0.6) is 11.5 Å². The summed E-state index contributed by atoms with van der Waals surface area (Å²) in [4.78, 5) is 26.4. The molecule has 2 N–H and O–H groups in total. The van der Waals surface area contributed by atoms with Crippen LogP contribution in [0.25, 0.3) is 5.69 Å². The minimum Gasteiger partial charge on any atom is -0.453 e. The van der Waals surface area contributed by atoms with Gasteiger partial charge in [0, 0.05) is 29.4 Å². The van der Waals surface area contributed by atoms with Crippen molar-refractivity contribution in [2.24, 2.45) is 0 Å². The third-order valence-corrected chi connectivity index (χ3v) is 6.36. The van der Waals surface area contributed by atoms with Crippen molar-refractivity contribution in [1.29, 1.82) is 0 Å². The normalized spacial score (nSPS) is 14.7. The van der Waals surface area contributed by atoms with Crippen molar-refractivity contribution >= 4 is 28.9 Å². The molecule has 1 aliphatic rings. The fourth-order valence-corrected chi connectivity index (χ4v) is 4.41. The number of hydrogen-bond acceptors (Lipinski definition) is 6. The van der Waals surface area contributed by atoms with Crippen LogP contribution in [0.15, 0.2) is 83.8 Å². The van der Waals surface area contributed by atoms with E-state index in [-0.39, 0.29) is 23.4 Å². The molecule has 1 amide bonds. The van der Waals surface area contributed by atoms with Crippen LogP contribution in [0.4, 0.5) is 11.4 Å². The predicted octanol–water partition coefficient (Wildman–Crippen LogP) is 5.64. The van der Waals surface area contributed by atoms with Crippen LogP contribution in [0.3, 0.4) is 0 Å². The molecular weight excluding hydrogens is 504 g/mol. The average Bonchev–Trinajstić information content (AvgIpc) is 3.43. The lowest BCUT2D eigenvalue weighted by Gasteiger charge is -2.15. The lowest BCUT2D eigenvalue weighted by molar-refractivity contribution is 0.0858. The Morgan fingerprint density at radius 1 is 1.13 bits per heavy atom. The first kappa shape index (κ1) is 25.5. The Labute approximate surface area is 225 Å². The number of amides is 1. The molecule has 4 aromatic rings. The number of carbonyl (C=O) groups is 1. The van der Waals surface area contributed by atoms with Gasteiger partial charge in [-0.25, -0.2) is 0 Å². The van der Waals surface area contributed by atoms with Gasteiger partial charge in [0.05, 0.1) is 18.0 Å². The van der Waals surface area contributed by atoms with Gasteiger partial charge in [0.1, 0.15) is 5.75 Å². The molecule has 194 valence electrons. The lowest BCUT2D eigenvalue weighted by Crippen LogP contribution is -2.31. The molecule has 8 nitrogen and oxygen atoms in total.